The fourth-order valence-electron chi connectivity index (χ4n) is 5.60. The average molecular weight is 407 g/mol. The molecule has 0 aliphatic carbocycles. The van der Waals surface area contributed by atoms with Crippen molar-refractivity contribution in [2.75, 3.05) is 38.5 Å². The zero-order valence-corrected chi connectivity index (χ0v) is 17.6. The molecule has 1 N–H and O–H groups in total. The van der Waals surface area contributed by atoms with Gasteiger partial charge in [-0.1, -0.05) is 18.2 Å². The summed E-state index contributed by atoms with van der Waals surface area (Å²) in [7, 11) is 2.20. The molecule has 2 atom stereocenters. The minimum absolute atomic E-state index is 0.0464. The molecule has 4 heterocycles. The van der Waals surface area contributed by atoms with E-state index in [4.69, 9.17) is 0 Å². The van der Waals surface area contributed by atoms with Crippen molar-refractivity contribution < 1.29 is 4.79 Å². The number of carbonyl (C=O) groups excluding carboxylic acids is 1. The van der Waals surface area contributed by atoms with Crippen LogP contribution in [0.15, 0.2) is 47.3 Å². The molecule has 0 unspecified atom stereocenters. The molecule has 2 aromatic rings. The van der Waals surface area contributed by atoms with Gasteiger partial charge >= 0.3 is 0 Å². The number of amides is 1. The first-order valence-electron chi connectivity index (χ1n) is 11.1. The summed E-state index contributed by atoms with van der Waals surface area (Å²) < 4.78 is 1.92. The summed E-state index contributed by atoms with van der Waals surface area (Å²) in [5, 5.41) is 3.09. The lowest BCUT2D eigenvalue weighted by molar-refractivity contribution is 0.0519. The van der Waals surface area contributed by atoms with E-state index in [2.05, 4.69) is 22.2 Å². The Kier molecular flexibility index (Phi) is 5.21. The monoisotopic (exact) mass is 406 g/mol. The Balaban J connectivity index is 1.42. The third kappa shape index (κ3) is 3.70. The summed E-state index contributed by atoms with van der Waals surface area (Å²) >= 11 is 0. The van der Waals surface area contributed by atoms with Gasteiger partial charge in [0.25, 0.3) is 11.5 Å². The molecule has 3 aliphatic heterocycles. The number of piperidine rings is 2. The number of nitrogens with one attached hydrogen (secondary N) is 1. The zero-order valence-electron chi connectivity index (χ0n) is 17.6. The number of fused-ring (bicyclic) bond motifs is 4. The van der Waals surface area contributed by atoms with E-state index in [-0.39, 0.29) is 17.4 Å². The summed E-state index contributed by atoms with van der Waals surface area (Å²) in [5.74, 6) is 0.674. The van der Waals surface area contributed by atoms with Crippen molar-refractivity contribution >= 4 is 11.6 Å². The van der Waals surface area contributed by atoms with Crippen molar-refractivity contribution in [3.8, 4) is 0 Å². The highest BCUT2D eigenvalue weighted by molar-refractivity contribution is 6.04. The van der Waals surface area contributed by atoms with Crippen LogP contribution in [0.25, 0.3) is 0 Å². The van der Waals surface area contributed by atoms with Gasteiger partial charge in [-0.25, -0.2) is 0 Å². The van der Waals surface area contributed by atoms with E-state index >= 15 is 0 Å². The first-order valence-corrected chi connectivity index (χ1v) is 11.1. The van der Waals surface area contributed by atoms with Gasteiger partial charge < -0.3 is 14.8 Å². The van der Waals surface area contributed by atoms with Gasteiger partial charge in [-0.3, -0.25) is 14.5 Å². The average Bonchev–Trinajstić information content (AvgIpc) is 2.76. The van der Waals surface area contributed by atoms with Gasteiger partial charge in [-0.2, -0.15) is 0 Å². The molecule has 2 bridgehead atoms. The molecule has 1 aromatic heterocycles. The van der Waals surface area contributed by atoms with Crippen molar-refractivity contribution in [2.45, 2.75) is 37.8 Å². The molecule has 6 nitrogen and oxygen atoms in total. The van der Waals surface area contributed by atoms with Crippen LogP contribution in [0.3, 0.4) is 0 Å². The molecule has 0 saturated carbocycles. The molecule has 30 heavy (non-hydrogen) atoms. The van der Waals surface area contributed by atoms with Crippen molar-refractivity contribution in [2.24, 2.45) is 5.92 Å². The second kappa shape index (κ2) is 8.00. The van der Waals surface area contributed by atoms with Crippen LogP contribution in [-0.2, 0) is 6.54 Å². The number of carbonyl (C=O) groups is 1. The molecule has 1 amide bonds. The first-order chi connectivity index (χ1) is 14.6. The van der Waals surface area contributed by atoms with Crippen LogP contribution >= 0.6 is 0 Å². The summed E-state index contributed by atoms with van der Waals surface area (Å²) in [5.41, 5.74) is 2.48. The Hall–Kier alpha value is -2.44. The quantitative estimate of drug-likeness (QED) is 0.851. The van der Waals surface area contributed by atoms with Crippen LogP contribution in [0.2, 0.25) is 0 Å². The molecule has 3 aliphatic rings. The van der Waals surface area contributed by atoms with E-state index in [1.165, 1.54) is 12.8 Å². The fraction of sp³-hybridized carbons (Fsp3) is 0.500. The predicted molar refractivity (Wildman–Crippen MR) is 118 cm³/mol. The molecular formula is C24H30N4O2. The SMILES string of the molecule is CN1CCC(N2C[C@@H]3C[C@H](C2)c2c(NC(=O)c4ccccc4)ccc(=O)n2C3)CC1. The van der Waals surface area contributed by atoms with Crippen molar-refractivity contribution in [3.05, 3.63) is 64.1 Å². The van der Waals surface area contributed by atoms with Crippen LogP contribution in [0, 0.1) is 5.92 Å². The number of nitrogens with zero attached hydrogens (tertiary/aromatic N) is 3. The second-order valence-corrected chi connectivity index (χ2v) is 9.19. The summed E-state index contributed by atoms with van der Waals surface area (Å²) in [6.07, 6.45) is 3.53. The molecule has 5 rings (SSSR count). The lowest BCUT2D eigenvalue weighted by atomic mass is 9.81. The Morgan fingerprint density at radius 2 is 1.77 bits per heavy atom. The highest BCUT2D eigenvalue weighted by Crippen LogP contribution is 2.40. The third-order valence-corrected chi connectivity index (χ3v) is 7.11. The van der Waals surface area contributed by atoms with Gasteiger partial charge in [0.1, 0.15) is 0 Å². The maximum absolute atomic E-state index is 12.8. The molecule has 2 saturated heterocycles. The normalized spacial score (nSPS) is 25.0. The van der Waals surface area contributed by atoms with Gasteiger partial charge in [-0.05, 0) is 63.5 Å². The lowest BCUT2D eigenvalue weighted by Crippen LogP contribution is -2.53. The van der Waals surface area contributed by atoms with E-state index in [0.29, 0.717) is 17.5 Å². The minimum atomic E-state index is -0.123. The van der Waals surface area contributed by atoms with Crippen molar-refractivity contribution in [1.82, 2.24) is 14.4 Å². The van der Waals surface area contributed by atoms with Gasteiger partial charge in [0, 0.05) is 48.9 Å². The first kappa shape index (κ1) is 19.5. The van der Waals surface area contributed by atoms with Gasteiger partial charge in [-0.15, -0.1) is 0 Å². The standard InChI is InChI=1S/C24H30N4O2/c1-26-11-9-20(10-12-26)27-14-17-13-19(16-27)23-21(7-8-22(29)28(23)15-17)25-24(30)18-5-3-2-4-6-18/h2-8,17,19-20H,9-16H2,1H3,(H,25,30)/t17-,19+/m0/s1. The van der Waals surface area contributed by atoms with Gasteiger partial charge in [0.05, 0.1) is 5.69 Å². The van der Waals surface area contributed by atoms with E-state index in [1.807, 2.05) is 34.9 Å². The number of rotatable bonds is 3. The summed E-state index contributed by atoms with van der Waals surface area (Å²) in [6.45, 7) is 5.12. The highest BCUT2D eigenvalue weighted by Gasteiger charge is 2.39. The number of likely N-dealkylation sites (tertiary alicyclic amines) is 2. The molecule has 2 fully saturated rings. The van der Waals surface area contributed by atoms with Crippen molar-refractivity contribution in [3.63, 3.8) is 0 Å². The van der Waals surface area contributed by atoms with E-state index < -0.39 is 0 Å². The highest BCUT2D eigenvalue weighted by atomic mass is 16.1. The van der Waals surface area contributed by atoms with E-state index in [9.17, 15) is 9.59 Å². The Bertz CT molecular complexity index is 978. The fourth-order valence-corrected chi connectivity index (χ4v) is 5.60. The number of anilines is 1. The van der Waals surface area contributed by atoms with Crippen LogP contribution in [-0.4, -0.2) is 59.5 Å². The third-order valence-electron chi connectivity index (χ3n) is 7.11. The van der Waals surface area contributed by atoms with E-state index in [1.54, 1.807) is 12.1 Å². The Labute approximate surface area is 177 Å². The zero-order chi connectivity index (χ0) is 20.7. The number of hydrogen-bond donors (Lipinski definition) is 1. The molecule has 6 heteroatoms. The molecule has 0 radical (unpaired) electrons. The molecule has 158 valence electrons. The molecular weight excluding hydrogens is 376 g/mol. The minimum Gasteiger partial charge on any atom is -0.320 e. The van der Waals surface area contributed by atoms with Crippen LogP contribution in [0.1, 0.15) is 41.2 Å². The van der Waals surface area contributed by atoms with Gasteiger partial charge in [0.2, 0.25) is 0 Å². The second-order valence-electron chi connectivity index (χ2n) is 9.19. The van der Waals surface area contributed by atoms with Crippen LogP contribution < -0.4 is 10.9 Å². The molecule has 0 spiro atoms. The van der Waals surface area contributed by atoms with Crippen LogP contribution in [0.4, 0.5) is 5.69 Å². The Morgan fingerprint density at radius 1 is 1.00 bits per heavy atom. The summed E-state index contributed by atoms with van der Waals surface area (Å²) in [6, 6.07) is 13.3. The molecule has 1 aromatic carbocycles. The van der Waals surface area contributed by atoms with Gasteiger partial charge in [0.15, 0.2) is 0 Å². The van der Waals surface area contributed by atoms with Crippen LogP contribution in [0.5, 0.6) is 0 Å². The smallest absolute Gasteiger partial charge is 0.255 e. The number of aromatic nitrogens is 1. The maximum atomic E-state index is 12.8. The largest absolute Gasteiger partial charge is 0.320 e. The Morgan fingerprint density at radius 3 is 2.53 bits per heavy atom. The lowest BCUT2D eigenvalue weighted by Gasteiger charge is -2.47. The van der Waals surface area contributed by atoms with Crippen molar-refractivity contribution in [1.29, 1.82) is 0 Å². The number of pyridine rings is 1. The predicted octanol–water partition coefficient (Wildman–Crippen LogP) is 2.61. The summed E-state index contributed by atoms with van der Waals surface area (Å²) in [4.78, 5) is 30.5. The number of benzene rings is 1. The maximum Gasteiger partial charge on any atom is 0.255 e. The van der Waals surface area contributed by atoms with E-state index in [0.717, 1.165) is 50.5 Å². The topological polar surface area (TPSA) is 57.6 Å². The number of hydrogen-bond acceptors (Lipinski definition) is 4.